The number of alkyl halides is 1. The minimum absolute atomic E-state index is 0.282. The molecule has 8 heavy (non-hydrogen) atoms. The van der Waals surface area contributed by atoms with E-state index in [0.29, 0.717) is 0 Å². The van der Waals surface area contributed by atoms with E-state index in [1.165, 1.54) is 12.5 Å². The third-order valence-electron chi connectivity index (χ3n) is 0.655. The van der Waals surface area contributed by atoms with Crippen molar-refractivity contribution in [2.45, 2.75) is 5.01 Å². The van der Waals surface area contributed by atoms with Crippen LogP contribution >= 0.6 is 15.9 Å². The van der Waals surface area contributed by atoms with Gasteiger partial charge in [-0.05, 0) is 15.9 Å². The lowest BCUT2D eigenvalue weighted by atomic mass is 10.7. The van der Waals surface area contributed by atoms with Gasteiger partial charge in [-0.15, -0.1) is 0 Å². The van der Waals surface area contributed by atoms with E-state index >= 15 is 0 Å². The highest BCUT2D eigenvalue weighted by Gasteiger charge is 2.04. The van der Waals surface area contributed by atoms with Gasteiger partial charge in [-0.1, -0.05) is 0 Å². The SMILES string of the molecule is OC(Br)c1ncco1. The highest BCUT2D eigenvalue weighted by atomic mass is 79.9. The van der Waals surface area contributed by atoms with E-state index in [2.05, 4.69) is 25.3 Å². The highest BCUT2D eigenvalue weighted by Crippen LogP contribution is 2.15. The van der Waals surface area contributed by atoms with Crippen molar-refractivity contribution in [1.29, 1.82) is 0 Å². The second-order valence-electron chi connectivity index (χ2n) is 1.21. The lowest BCUT2D eigenvalue weighted by Crippen LogP contribution is -1.84. The predicted octanol–water partition coefficient (Wildman–Crippen LogP) is 1.06. The van der Waals surface area contributed by atoms with Gasteiger partial charge in [0.2, 0.25) is 5.89 Å². The van der Waals surface area contributed by atoms with Crippen molar-refractivity contribution < 1.29 is 9.52 Å². The fourth-order valence-electron chi connectivity index (χ4n) is 0.352. The predicted molar refractivity (Wildman–Crippen MR) is 30.4 cm³/mol. The van der Waals surface area contributed by atoms with E-state index in [0.717, 1.165) is 0 Å². The van der Waals surface area contributed by atoms with E-state index in [1.807, 2.05) is 0 Å². The lowest BCUT2D eigenvalue weighted by molar-refractivity contribution is 0.236. The molecule has 1 rings (SSSR count). The van der Waals surface area contributed by atoms with Crippen LogP contribution in [0.25, 0.3) is 0 Å². The number of hydrogen-bond acceptors (Lipinski definition) is 3. The second kappa shape index (κ2) is 2.28. The average molecular weight is 178 g/mol. The maximum absolute atomic E-state index is 8.67. The van der Waals surface area contributed by atoms with Crippen LogP contribution in [0.1, 0.15) is 10.9 Å². The van der Waals surface area contributed by atoms with E-state index in [-0.39, 0.29) is 5.89 Å². The fourth-order valence-corrected chi connectivity index (χ4v) is 0.578. The summed E-state index contributed by atoms with van der Waals surface area (Å²) >= 11 is 2.86. The third kappa shape index (κ3) is 1.08. The van der Waals surface area contributed by atoms with Gasteiger partial charge in [-0.25, -0.2) is 4.98 Å². The molecule has 0 spiro atoms. The molecule has 44 valence electrons. The highest BCUT2D eigenvalue weighted by molar-refractivity contribution is 9.09. The smallest absolute Gasteiger partial charge is 0.234 e. The molecule has 1 heterocycles. The minimum atomic E-state index is -0.780. The molecule has 0 saturated carbocycles. The summed E-state index contributed by atoms with van der Waals surface area (Å²) in [6.45, 7) is 0. The van der Waals surface area contributed by atoms with Crippen LogP contribution in [0.4, 0.5) is 0 Å². The zero-order chi connectivity index (χ0) is 5.98. The summed E-state index contributed by atoms with van der Waals surface area (Å²) in [5, 5.41) is 7.89. The Hall–Kier alpha value is -0.350. The first-order valence-electron chi connectivity index (χ1n) is 2.02. The van der Waals surface area contributed by atoms with Gasteiger partial charge in [0.15, 0.2) is 5.01 Å². The number of aromatic nitrogens is 1. The average Bonchev–Trinajstić information content (AvgIpc) is 2.12. The number of oxazole rings is 1. The van der Waals surface area contributed by atoms with Gasteiger partial charge in [0.1, 0.15) is 6.26 Å². The Morgan fingerprint density at radius 1 is 1.88 bits per heavy atom. The minimum Gasteiger partial charge on any atom is -0.445 e. The Bertz CT molecular complexity index is 149. The molecule has 1 aromatic heterocycles. The third-order valence-corrected chi connectivity index (χ3v) is 1.05. The van der Waals surface area contributed by atoms with Crippen LogP contribution in [0, 0.1) is 0 Å². The molecule has 1 unspecified atom stereocenters. The standard InChI is InChI=1S/C4H4BrNO2/c5-3(7)4-6-1-2-8-4/h1-3,7H. The van der Waals surface area contributed by atoms with E-state index in [4.69, 9.17) is 5.11 Å². The molecule has 0 radical (unpaired) electrons. The van der Waals surface area contributed by atoms with Crippen molar-refractivity contribution >= 4 is 15.9 Å². The number of halogens is 1. The Kier molecular flexibility index (Phi) is 1.65. The molecular formula is C4H4BrNO2. The molecule has 4 heteroatoms. The second-order valence-corrected chi connectivity index (χ2v) is 2.07. The van der Waals surface area contributed by atoms with Gasteiger partial charge >= 0.3 is 0 Å². The normalized spacial score (nSPS) is 13.8. The van der Waals surface area contributed by atoms with Crippen LogP contribution in [0.3, 0.4) is 0 Å². The topological polar surface area (TPSA) is 46.3 Å². The molecular weight excluding hydrogens is 174 g/mol. The van der Waals surface area contributed by atoms with Crippen LogP contribution in [0.15, 0.2) is 16.9 Å². The molecule has 1 atom stereocenters. The Labute approximate surface area is 54.5 Å². The molecule has 3 nitrogen and oxygen atoms in total. The summed E-state index contributed by atoms with van der Waals surface area (Å²) < 4.78 is 4.69. The van der Waals surface area contributed by atoms with Crippen LogP contribution in [0.2, 0.25) is 0 Å². The maximum Gasteiger partial charge on any atom is 0.234 e. The van der Waals surface area contributed by atoms with Gasteiger partial charge in [0.05, 0.1) is 6.20 Å². The van der Waals surface area contributed by atoms with Crippen molar-refractivity contribution in [3.8, 4) is 0 Å². The van der Waals surface area contributed by atoms with E-state index in [1.54, 1.807) is 0 Å². The first-order chi connectivity index (χ1) is 3.80. The fraction of sp³-hybridized carbons (Fsp3) is 0.250. The molecule has 0 saturated heterocycles. The number of nitrogens with zero attached hydrogens (tertiary/aromatic N) is 1. The van der Waals surface area contributed by atoms with Crippen LogP contribution in [-0.4, -0.2) is 10.1 Å². The first kappa shape index (κ1) is 5.78. The maximum atomic E-state index is 8.67. The van der Waals surface area contributed by atoms with Gasteiger partial charge in [-0.2, -0.15) is 0 Å². The molecule has 0 bridgehead atoms. The zero-order valence-electron chi connectivity index (χ0n) is 3.91. The van der Waals surface area contributed by atoms with E-state index in [9.17, 15) is 0 Å². The summed E-state index contributed by atoms with van der Waals surface area (Å²) in [5.41, 5.74) is 0. The molecule has 0 amide bonds. The van der Waals surface area contributed by atoms with Crippen molar-refractivity contribution in [1.82, 2.24) is 4.98 Å². The lowest BCUT2D eigenvalue weighted by Gasteiger charge is -1.90. The number of rotatable bonds is 1. The van der Waals surface area contributed by atoms with Crippen molar-refractivity contribution in [3.05, 3.63) is 18.4 Å². The number of hydrogen-bond donors (Lipinski definition) is 1. The summed E-state index contributed by atoms with van der Waals surface area (Å²) in [4.78, 5) is 3.65. The Balaban J connectivity index is 2.77. The van der Waals surface area contributed by atoms with Crippen molar-refractivity contribution in [2.24, 2.45) is 0 Å². The van der Waals surface area contributed by atoms with Gasteiger partial charge in [-0.3, -0.25) is 0 Å². The summed E-state index contributed by atoms with van der Waals surface area (Å²) in [7, 11) is 0. The summed E-state index contributed by atoms with van der Waals surface area (Å²) in [5.74, 6) is 0.282. The van der Waals surface area contributed by atoms with Gasteiger partial charge in [0.25, 0.3) is 0 Å². The van der Waals surface area contributed by atoms with Crippen LogP contribution in [-0.2, 0) is 0 Å². The molecule has 0 aliphatic carbocycles. The Morgan fingerprint density at radius 2 is 2.62 bits per heavy atom. The first-order valence-corrected chi connectivity index (χ1v) is 2.94. The quantitative estimate of drug-likeness (QED) is 0.654. The van der Waals surface area contributed by atoms with Crippen molar-refractivity contribution in [2.75, 3.05) is 0 Å². The molecule has 1 N–H and O–H groups in total. The van der Waals surface area contributed by atoms with Crippen LogP contribution in [0.5, 0.6) is 0 Å². The van der Waals surface area contributed by atoms with Gasteiger partial charge < -0.3 is 9.52 Å². The molecule has 1 aromatic rings. The van der Waals surface area contributed by atoms with Crippen molar-refractivity contribution in [3.63, 3.8) is 0 Å². The summed E-state index contributed by atoms with van der Waals surface area (Å²) in [6, 6.07) is 0. The zero-order valence-corrected chi connectivity index (χ0v) is 5.50. The Morgan fingerprint density at radius 3 is 2.88 bits per heavy atom. The largest absolute Gasteiger partial charge is 0.445 e. The molecule has 0 aliphatic heterocycles. The molecule has 0 aromatic carbocycles. The van der Waals surface area contributed by atoms with Crippen LogP contribution < -0.4 is 0 Å². The summed E-state index contributed by atoms with van der Waals surface area (Å²) in [6.07, 6.45) is 2.87. The molecule has 0 fully saturated rings. The van der Waals surface area contributed by atoms with Gasteiger partial charge in [0, 0.05) is 0 Å². The molecule has 0 aliphatic rings. The van der Waals surface area contributed by atoms with E-state index < -0.39 is 5.01 Å². The number of aliphatic hydroxyl groups is 1. The number of aliphatic hydroxyl groups excluding tert-OH is 1. The monoisotopic (exact) mass is 177 g/mol.